The van der Waals surface area contributed by atoms with Gasteiger partial charge in [0.25, 0.3) is 0 Å². The highest BCUT2D eigenvalue weighted by molar-refractivity contribution is 5.72. The molecule has 0 aliphatic carbocycles. The summed E-state index contributed by atoms with van der Waals surface area (Å²) in [4.78, 5) is 13.4. The van der Waals surface area contributed by atoms with Crippen LogP contribution < -0.4 is 5.32 Å². The second-order valence-electron chi connectivity index (χ2n) is 5.54. The molecule has 2 rings (SSSR count). The van der Waals surface area contributed by atoms with E-state index in [9.17, 15) is 4.79 Å². The first-order valence-electron chi connectivity index (χ1n) is 7.44. The first-order chi connectivity index (χ1) is 9.24. The fourth-order valence-electron chi connectivity index (χ4n) is 2.69. The van der Waals surface area contributed by atoms with E-state index in [0.29, 0.717) is 5.92 Å². The molecule has 110 valence electrons. The molecule has 2 fully saturated rings. The van der Waals surface area contributed by atoms with Crippen LogP contribution in [0, 0.1) is 5.92 Å². The summed E-state index contributed by atoms with van der Waals surface area (Å²) in [5, 5.41) is 2.92. The van der Waals surface area contributed by atoms with E-state index < -0.39 is 0 Å². The van der Waals surface area contributed by atoms with E-state index in [1.807, 2.05) is 0 Å². The summed E-state index contributed by atoms with van der Waals surface area (Å²) in [6.07, 6.45) is 4.34. The van der Waals surface area contributed by atoms with Gasteiger partial charge in [0.1, 0.15) is 0 Å². The van der Waals surface area contributed by atoms with Crippen LogP contribution in [0.25, 0.3) is 0 Å². The lowest BCUT2D eigenvalue weighted by molar-refractivity contribution is -0.182. The Hall–Kier alpha value is -0.650. The average molecular weight is 270 g/mol. The molecule has 5 nitrogen and oxygen atoms in total. The number of nitrogens with zero attached hydrogens (tertiary/aromatic N) is 1. The molecule has 19 heavy (non-hydrogen) atoms. The van der Waals surface area contributed by atoms with Crippen LogP contribution in [0.2, 0.25) is 0 Å². The second kappa shape index (κ2) is 7.82. The monoisotopic (exact) mass is 270 g/mol. The summed E-state index contributed by atoms with van der Waals surface area (Å²) in [5.74, 6) is 0.719. The maximum atomic E-state index is 10.9. The molecular formula is C14H26N2O3. The molecule has 0 aromatic rings. The third kappa shape index (κ3) is 5.47. The summed E-state index contributed by atoms with van der Waals surface area (Å²) in [6, 6.07) is 0. The zero-order valence-electron chi connectivity index (χ0n) is 11.9. The SMILES string of the molecule is CC(=O)NCC1CCN(CCC2OCCCO2)CC1. The van der Waals surface area contributed by atoms with E-state index in [4.69, 9.17) is 9.47 Å². The predicted molar refractivity (Wildman–Crippen MR) is 72.8 cm³/mol. The van der Waals surface area contributed by atoms with Crippen molar-refractivity contribution >= 4 is 5.91 Å². The largest absolute Gasteiger partial charge is 0.356 e. The number of likely N-dealkylation sites (tertiary alicyclic amines) is 1. The van der Waals surface area contributed by atoms with Crippen molar-refractivity contribution in [2.45, 2.75) is 38.9 Å². The number of amides is 1. The van der Waals surface area contributed by atoms with Gasteiger partial charge in [-0.2, -0.15) is 0 Å². The molecule has 2 aliphatic rings. The van der Waals surface area contributed by atoms with Crippen LogP contribution in [0.1, 0.15) is 32.6 Å². The molecule has 0 unspecified atom stereocenters. The fraction of sp³-hybridized carbons (Fsp3) is 0.929. The highest BCUT2D eigenvalue weighted by Gasteiger charge is 2.21. The summed E-state index contributed by atoms with van der Waals surface area (Å²) in [5.41, 5.74) is 0. The maximum Gasteiger partial charge on any atom is 0.216 e. The van der Waals surface area contributed by atoms with E-state index in [0.717, 1.165) is 52.2 Å². The minimum absolute atomic E-state index is 0.00542. The van der Waals surface area contributed by atoms with Gasteiger partial charge in [-0.25, -0.2) is 0 Å². The van der Waals surface area contributed by atoms with Gasteiger partial charge >= 0.3 is 0 Å². The Balaban J connectivity index is 1.56. The molecule has 0 bridgehead atoms. The molecule has 1 N–H and O–H groups in total. The van der Waals surface area contributed by atoms with Gasteiger partial charge in [0.15, 0.2) is 6.29 Å². The van der Waals surface area contributed by atoms with Gasteiger partial charge in [-0.1, -0.05) is 0 Å². The first-order valence-corrected chi connectivity index (χ1v) is 7.44. The number of nitrogens with one attached hydrogen (secondary N) is 1. The molecule has 0 radical (unpaired) electrons. The van der Waals surface area contributed by atoms with Crippen LogP contribution in [0.15, 0.2) is 0 Å². The molecular weight excluding hydrogens is 244 g/mol. The van der Waals surface area contributed by atoms with E-state index in [-0.39, 0.29) is 12.2 Å². The predicted octanol–water partition coefficient (Wildman–Crippen LogP) is 0.988. The lowest BCUT2D eigenvalue weighted by Crippen LogP contribution is -2.40. The first kappa shape index (κ1) is 14.8. The van der Waals surface area contributed by atoms with Crippen LogP contribution in [-0.4, -0.2) is 56.5 Å². The molecule has 0 spiro atoms. The lowest BCUT2D eigenvalue weighted by atomic mass is 9.96. The van der Waals surface area contributed by atoms with Gasteiger partial charge in [0.2, 0.25) is 5.91 Å². The quantitative estimate of drug-likeness (QED) is 0.809. The fourth-order valence-corrected chi connectivity index (χ4v) is 2.69. The van der Waals surface area contributed by atoms with Crippen molar-refractivity contribution in [2.24, 2.45) is 5.92 Å². The normalized spacial score (nSPS) is 23.4. The number of carbonyl (C=O) groups is 1. The van der Waals surface area contributed by atoms with Crippen molar-refractivity contribution in [1.82, 2.24) is 10.2 Å². The number of piperidine rings is 1. The van der Waals surface area contributed by atoms with Gasteiger partial charge in [-0.15, -0.1) is 0 Å². The van der Waals surface area contributed by atoms with Crippen LogP contribution in [0.4, 0.5) is 0 Å². The third-order valence-corrected chi connectivity index (χ3v) is 3.92. The van der Waals surface area contributed by atoms with Gasteiger partial charge in [0, 0.05) is 26.4 Å². The molecule has 1 amide bonds. The number of hydrogen-bond acceptors (Lipinski definition) is 4. The molecule has 0 atom stereocenters. The number of ether oxygens (including phenoxy) is 2. The number of hydrogen-bond donors (Lipinski definition) is 1. The summed E-state index contributed by atoms with van der Waals surface area (Å²) >= 11 is 0. The average Bonchev–Trinajstić information content (AvgIpc) is 2.45. The van der Waals surface area contributed by atoms with Crippen molar-refractivity contribution in [3.8, 4) is 0 Å². The lowest BCUT2D eigenvalue weighted by Gasteiger charge is -2.33. The van der Waals surface area contributed by atoms with E-state index in [1.54, 1.807) is 6.92 Å². The minimum atomic E-state index is 0.00542. The molecule has 0 aromatic heterocycles. The Bertz CT molecular complexity index is 272. The molecule has 2 heterocycles. The van der Waals surface area contributed by atoms with Crippen molar-refractivity contribution in [1.29, 1.82) is 0 Å². The Morgan fingerprint density at radius 2 is 1.95 bits per heavy atom. The van der Waals surface area contributed by atoms with E-state index in [1.165, 1.54) is 12.8 Å². The Kier molecular flexibility index (Phi) is 6.07. The summed E-state index contributed by atoms with van der Waals surface area (Å²) in [7, 11) is 0. The zero-order valence-corrected chi connectivity index (χ0v) is 11.9. The van der Waals surface area contributed by atoms with Crippen molar-refractivity contribution in [3.05, 3.63) is 0 Å². The second-order valence-corrected chi connectivity index (χ2v) is 5.54. The Labute approximate surface area is 115 Å². The van der Waals surface area contributed by atoms with Crippen LogP contribution in [0.5, 0.6) is 0 Å². The number of carbonyl (C=O) groups excluding carboxylic acids is 1. The molecule has 0 aromatic carbocycles. The Morgan fingerprint density at radius 3 is 2.58 bits per heavy atom. The van der Waals surface area contributed by atoms with Crippen molar-refractivity contribution < 1.29 is 14.3 Å². The standard InChI is InChI=1S/C14H26N2O3/c1-12(17)15-11-13-3-6-16(7-4-13)8-5-14-18-9-2-10-19-14/h13-14H,2-11H2,1H3,(H,15,17). The Morgan fingerprint density at radius 1 is 1.26 bits per heavy atom. The highest BCUT2D eigenvalue weighted by atomic mass is 16.7. The van der Waals surface area contributed by atoms with Crippen molar-refractivity contribution in [2.75, 3.05) is 39.4 Å². The zero-order chi connectivity index (χ0) is 13.5. The van der Waals surface area contributed by atoms with Gasteiger partial charge in [0.05, 0.1) is 13.2 Å². The maximum absolute atomic E-state index is 10.9. The van der Waals surface area contributed by atoms with Crippen molar-refractivity contribution in [3.63, 3.8) is 0 Å². The molecule has 2 aliphatic heterocycles. The topological polar surface area (TPSA) is 50.8 Å². The van der Waals surface area contributed by atoms with E-state index >= 15 is 0 Å². The van der Waals surface area contributed by atoms with Gasteiger partial charge in [-0.3, -0.25) is 4.79 Å². The van der Waals surface area contributed by atoms with Crippen LogP contribution in [0.3, 0.4) is 0 Å². The van der Waals surface area contributed by atoms with Gasteiger partial charge in [-0.05, 0) is 38.3 Å². The van der Waals surface area contributed by atoms with Crippen LogP contribution >= 0.6 is 0 Å². The molecule has 2 saturated heterocycles. The molecule has 0 saturated carbocycles. The molecule has 5 heteroatoms. The minimum Gasteiger partial charge on any atom is -0.356 e. The smallest absolute Gasteiger partial charge is 0.216 e. The third-order valence-electron chi connectivity index (χ3n) is 3.92. The van der Waals surface area contributed by atoms with Gasteiger partial charge < -0.3 is 19.7 Å². The number of rotatable bonds is 5. The summed E-state index contributed by atoms with van der Waals surface area (Å²) < 4.78 is 11.1. The highest BCUT2D eigenvalue weighted by Crippen LogP contribution is 2.17. The van der Waals surface area contributed by atoms with Crippen LogP contribution in [-0.2, 0) is 14.3 Å². The van der Waals surface area contributed by atoms with E-state index in [2.05, 4.69) is 10.2 Å². The summed E-state index contributed by atoms with van der Waals surface area (Å²) in [6.45, 7) is 7.38.